The summed E-state index contributed by atoms with van der Waals surface area (Å²) in [5.41, 5.74) is 0.228. The van der Waals surface area contributed by atoms with E-state index < -0.39 is 5.97 Å². The summed E-state index contributed by atoms with van der Waals surface area (Å²) in [6.45, 7) is 0. The fraction of sp³-hybridized carbons (Fsp3) is 0.125. The Morgan fingerprint density at radius 3 is 3.14 bits per heavy atom. The fourth-order valence-corrected chi connectivity index (χ4v) is 1.54. The highest BCUT2D eigenvalue weighted by Crippen LogP contribution is 2.15. The van der Waals surface area contributed by atoms with Crippen molar-refractivity contribution in [2.45, 2.75) is 0 Å². The molecule has 0 aliphatic heterocycles. The summed E-state index contributed by atoms with van der Waals surface area (Å²) in [7, 11) is 1.31. The van der Waals surface area contributed by atoms with Gasteiger partial charge in [-0.05, 0) is 15.9 Å². The molecule has 6 heteroatoms. The summed E-state index contributed by atoms with van der Waals surface area (Å²) in [4.78, 5) is 19.2. The molecule has 0 saturated heterocycles. The van der Waals surface area contributed by atoms with Gasteiger partial charge in [0, 0.05) is 18.6 Å². The zero-order valence-electron chi connectivity index (χ0n) is 7.27. The van der Waals surface area contributed by atoms with Crippen molar-refractivity contribution in [1.82, 2.24) is 14.4 Å². The minimum absolute atomic E-state index is 0.228. The largest absolute Gasteiger partial charge is 0.464 e. The highest BCUT2D eigenvalue weighted by Gasteiger charge is 2.13. The van der Waals surface area contributed by atoms with Crippen molar-refractivity contribution >= 4 is 27.7 Å². The van der Waals surface area contributed by atoms with Gasteiger partial charge in [0.15, 0.2) is 5.69 Å². The van der Waals surface area contributed by atoms with Crippen LogP contribution in [0.5, 0.6) is 0 Å². The first-order chi connectivity index (χ1) is 6.72. The van der Waals surface area contributed by atoms with Crippen molar-refractivity contribution < 1.29 is 9.53 Å². The molecule has 0 fully saturated rings. The molecule has 0 bridgehead atoms. The molecule has 14 heavy (non-hydrogen) atoms. The predicted octanol–water partition coefficient (Wildman–Crippen LogP) is 1.28. The van der Waals surface area contributed by atoms with Crippen LogP contribution in [0.25, 0.3) is 5.78 Å². The van der Waals surface area contributed by atoms with E-state index in [1.165, 1.54) is 7.11 Å². The second-order valence-corrected chi connectivity index (χ2v) is 3.42. The monoisotopic (exact) mass is 255 g/mol. The standard InChI is InChI=1S/C8H6BrN3O2/c1-14-7(13)6-5(9)4-12-3-2-10-8(12)11-6/h2-4H,1H3. The van der Waals surface area contributed by atoms with Gasteiger partial charge < -0.3 is 4.74 Å². The van der Waals surface area contributed by atoms with Gasteiger partial charge in [-0.3, -0.25) is 4.40 Å². The smallest absolute Gasteiger partial charge is 0.358 e. The topological polar surface area (TPSA) is 56.5 Å². The number of halogens is 1. The number of esters is 1. The molecule has 2 rings (SSSR count). The van der Waals surface area contributed by atoms with E-state index in [9.17, 15) is 4.79 Å². The first kappa shape index (κ1) is 9.14. The van der Waals surface area contributed by atoms with Crippen LogP contribution >= 0.6 is 15.9 Å². The molecule has 2 heterocycles. The maximum absolute atomic E-state index is 11.2. The maximum Gasteiger partial charge on any atom is 0.358 e. The Labute approximate surface area is 87.9 Å². The maximum atomic E-state index is 11.2. The highest BCUT2D eigenvalue weighted by atomic mass is 79.9. The van der Waals surface area contributed by atoms with Crippen LogP contribution in [0.3, 0.4) is 0 Å². The molecule has 0 aliphatic carbocycles. The number of aromatic nitrogens is 3. The highest BCUT2D eigenvalue weighted by molar-refractivity contribution is 9.10. The lowest BCUT2D eigenvalue weighted by Gasteiger charge is -2.01. The van der Waals surface area contributed by atoms with Crippen molar-refractivity contribution in [2.75, 3.05) is 7.11 Å². The lowest BCUT2D eigenvalue weighted by molar-refractivity contribution is 0.0593. The molecule has 0 saturated carbocycles. The van der Waals surface area contributed by atoms with Gasteiger partial charge in [0.05, 0.1) is 11.6 Å². The molecular weight excluding hydrogens is 250 g/mol. The van der Waals surface area contributed by atoms with Crippen LogP contribution in [0.2, 0.25) is 0 Å². The average molecular weight is 256 g/mol. The number of hydrogen-bond acceptors (Lipinski definition) is 4. The summed E-state index contributed by atoms with van der Waals surface area (Å²) in [5.74, 6) is -0.0176. The number of rotatable bonds is 1. The Bertz CT molecular complexity index is 494. The number of nitrogens with zero attached hydrogens (tertiary/aromatic N) is 3. The predicted molar refractivity (Wildman–Crippen MR) is 52.0 cm³/mol. The van der Waals surface area contributed by atoms with Gasteiger partial charge in [-0.15, -0.1) is 0 Å². The van der Waals surface area contributed by atoms with E-state index >= 15 is 0 Å². The molecule has 2 aromatic heterocycles. The first-order valence-electron chi connectivity index (χ1n) is 3.80. The molecule has 0 spiro atoms. The number of hydrogen-bond donors (Lipinski definition) is 0. The van der Waals surface area contributed by atoms with E-state index in [2.05, 4.69) is 30.6 Å². The Kier molecular flexibility index (Phi) is 2.20. The lowest BCUT2D eigenvalue weighted by atomic mass is 10.4. The van der Waals surface area contributed by atoms with Crippen LogP contribution < -0.4 is 0 Å². The Morgan fingerprint density at radius 1 is 1.64 bits per heavy atom. The number of fused-ring (bicyclic) bond motifs is 1. The molecule has 0 amide bonds. The van der Waals surface area contributed by atoms with Crippen LogP contribution in [0.1, 0.15) is 10.5 Å². The van der Waals surface area contributed by atoms with E-state index in [0.717, 1.165) is 0 Å². The van der Waals surface area contributed by atoms with Crippen LogP contribution in [0.15, 0.2) is 23.1 Å². The zero-order valence-corrected chi connectivity index (χ0v) is 8.85. The first-order valence-corrected chi connectivity index (χ1v) is 4.59. The van der Waals surface area contributed by atoms with Gasteiger partial charge in [0.25, 0.3) is 0 Å². The van der Waals surface area contributed by atoms with Gasteiger partial charge in [-0.2, -0.15) is 0 Å². The van der Waals surface area contributed by atoms with Crippen LogP contribution in [-0.2, 0) is 4.74 Å². The van der Waals surface area contributed by atoms with Crippen LogP contribution in [-0.4, -0.2) is 27.4 Å². The Balaban J connectivity index is 2.64. The zero-order chi connectivity index (χ0) is 10.1. The average Bonchev–Trinajstić information content (AvgIpc) is 2.62. The van der Waals surface area contributed by atoms with Crippen molar-refractivity contribution in [3.8, 4) is 0 Å². The molecule has 0 unspecified atom stereocenters. The molecule has 0 radical (unpaired) electrons. The Hall–Kier alpha value is -1.43. The van der Waals surface area contributed by atoms with E-state index in [1.54, 1.807) is 23.0 Å². The molecule has 0 N–H and O–H groups in total. The molecule has 0 atom stereocenters. The minimum Gasteiger partial charge on any atom is -0.464 e. The summed E-state index contributed by atoms with van der Waals surface area (Å²) in [6.07, 6.45) is 5.06. The second-order valence-electron chi connectivity index (χ2n) is 2.56. The number of methoxy groups -OCH3 is 1. The van der Waals surface area contributed by atoms with Gasteiger partial charge in [0.2, 0.25) is 5.78 Å². The van der Waals surface area contributed by atoms with Crippen molar-refractivity contribution in [1.29, 1.82) is 0 Å². The number of carbonyl (C=O) groups is 1. The molecule has 5 nitrogen and oxygen atoms in total. The quantitative estimate of drug-likeness (QED) is 0.721. The van der Waals surface area contributed by atoms with Gasteiger partial charge in [-0.25, -0.2) is 14.8 Å². The third kappa shape index (κ3) is 1.37. The number of ether oxygens (including phenoxy) is 1. The second kappa shape index (κ2) is 3.38. The van der Waals surface area contributed by atoms with Gasteiger partial charge in [0.1, 0.15) is 0 Å². The molecular formula is C8H6BrN3O2. The van der Waals surface area contributed by atoms with Crippen LogP contribution in [0.4, 0.5) is 0 Å². The molecule has 0 aromatic carbocycles. The SMILES string of the molecule is COC(=O)c1nc2nccn2cc1Br. The van der Waals surface area contributed by atoms with Gasteiger partial charge in [-0.1, -0.05) is 0 Å². The lowest BCUT2D eigenvalue weighted by Crippen LogP contribution is -2.07. The van der Waals surface area contributed by atoms with Crippen LogP contribution in [0, 0.1) is 0 Å². The third-order valence-electron chi connectivity index (χ3n) is 1.72. The van der Waals surface area contributed by atoms with E-state index in [1.807, 2.05) is 0 Å². The summed E-state index contributed by atoms with van der Waals surface area (Å²) >= 11 is 3.23. The number of carbonyl (C=O) groups excluding carboxylic acids is 1. The van der Waals surface area contributed by atoms with Crippen molar-refractivity contribution in [3.05, 3.63) is 28.8 Å². The van der Waals surface area contributed by atoms with Gasteiger partial charge >= 0.3 is 5.97 Å². The normalized spacial score (nSPS) is 10.4. The summed E-state index contributed by atoms with van der Waals surface area (Å²) < 4.78 is 6.86. The van der Waals surface area contributed by atoms with Crippen molar-refractivity contribution in [2.24, 2.45) is 0 Å². The van der Waals surface area contributed by atoms with E-state index in [4.69, 9.17) is 0 Å². The van der Waals surface area contributed by atoms with Crippen molar-refractivity contribution in [3.63, 3.8) is 0 Å². The van der Waals surface area contributed by atoms with E-state index in [-0.39, 0.29) is 5.69 Å². The van der Waals surface area contributed by atoms with E-state index in [0.29, 0.717) is 10.3 Å². The summed E-state index contributed by atoms with van der Waals surface area (Å²) in [5, 5.41) is 0. The summed E-state index contributed by atoms with van der Waals surface area (Å²) in [6, 6.07) is 0. The molecule has 72 valence electrons. The molecule has 2 aromatic rings. The fourth-order valence-electron chi connectivity index (χ4n) is 1.07. The minimum atomic E-state index is -0.484. The Morgan fingerprint density at radius 2 is 2.43 bits per heavy atom. The number of imidazole rings is 1. The molecule has 0 aliphatic rings. The third-order valence-corrected chi connectivity index (χ3v) is 2.30.